The van der Waals surface area contributed by atoms with Crippen molar-refractivity contribution in [2.24, 2.45) is 0 Å². The normalized spacial score (nSPS) is 10.9. The van der Waals surface area contributed by atoms with E-state index >= 15 is 0 Å². The molecule has 220 valence electrons. The topological polar surface area (TPSA) is 89.8 Å². The van der Waals surface area contributed by atoms with Crippen LogP contribution in [0.4, 0.5) is 5.69 Å². The minimum atomic E-state index is -0.524. The molecule has 0 aromatic heterocycles. The van der Waals surface area contributed by atoms with Crippen molar-refractivity contribution in [1.29, 1.82) is 5.26 Å². The van der Waals surface area contributed by atoms with Crippen molar-refractivity contribution in [2.75, 3.05) is 18.5 Å². The highest BCUT2D eigenvalue weighted by atomic mass is 35.5. The van der Waals surface area contributed by atoms with E-state index in [-0.39, 0.29) is 17.2 Å². The molecule has 0 radical (unpaired) electrons. The summed E-state index contributed by atoms with van der Waals surface area (Å²) in [5.41, 5.74) is 3.94. The fourth-order valence-corrected chi connectivity index (χ4v) is 4.51. The number of benzene rings is 4. The maximum atomic E-state index is 12.8. The molecule has 4 aromatic carbocycles. The molecule has 4 rings (SSSR count). The Bertz CT molecular complexity index is 1630. The predicted molar refractivity (Wildman–Crippen MR) is 169 cm³/mol. The van der Waals surface area contributed by atoms with Gasteiger partial charge in [-0.05, 0) is 85.5 Å². The Kier molecular flexibility index (Phi) is 11.1. The Balaban J connectivity index is 1.50. The van der Waals surface area contributed by atoms with Crippen molar-refractivity contribution in [1.82, 2.24) is 0 Å². The van der Waals surface area contributed by atoms with Gasteiger partial charge in [0, 0.05) is 5.69 Å². The number of aryl methyl sites for hydroxylation is 1. The zero-order chi connectivity index (χ0) is 30.6. The number of carbonyl (C=O) groups is 1. The maximum Gasteiger partial charge on any atom is 0.266 e. The molecular formula is C35H33ClN2O5. The number of nitrogens with one attached hydrogen (secondary N) is 1. The van der Waals surface area contributed by atoms with Gasteiger partial charge >= 0.3 is 0 Å². The monoisotopic (exact) mass is 596 g/mol. The van der Waals surface area contributed by atoms with Crippen molar-refractivity contribution < 1.29 is 23.7 Å². The zero-order valence-electron chi connectivity index (χ0n) is 24.4. The fourth-order valence-electron chi connectivity index (χ4n) is 4.23. The first kappa shape index (κ1) is 31.0. The van der Waals surface area contributed by atoms with Gasteiger partial charge in [0.1, 0.15) is 24.9 Å². The molecule has 43 heavy (non-hydrogen) atoms. The van der Waals surface area contributed by atoms with Crippen molar-refractivity contribution in [3.8, 4) is 29.1 Å². The third-order valence-corrected chi connectivity index (χ3v) is 6.49. The maximum absolute atomic E-state index is 12.8. The van der Waals surface area contributed by atoms with Crippen LogP contribution in [0.3, 0.4) is 0 Å². The van der Waals surface area contributed by atoms with Crippen LogP contribution in [0.2, 0.25) is 5.02 Å². The van der Waals surface area contributed by atoms with Gasteiger partial charge in [-0.25, -0.2) is 0 Å². The van der Waals surface area contributed by atoms with Crippen LogP contribution in [0.25, 0.3) is 6.08 Å². The van der Waals surface area contributed by atoms with Gasteiger partial charge in [0.05, 0.1) is 18.2 Å². The van der Waals surface area contributed by atoms with Gasteiger partial charge in [0.15, 0.2) is 23.0 Å². The van der Waals surface area contributed by atoms with Gasteiger partial charge in [-0.1, -0.05) is 60.1 Å². The Morgan fingerprint density at radius 1 is 0.814 bits per heavy atom. The van der Waals surface area contributed by atoms with Crippen LogP contribution in [0.5, 0.6) is 23.0 Å². The van der Waals surface area contributed by atoms with Crippen LogP contribution in [-0.2, 0) is 18.0 Å². The molecule has 1 amide bonds. The third kappa shape index (κ3) is 8.78. The molecule has 8 heteroatoms. The van der Waals surface area contributed by atoms with Crippen LogP contribution in [0.1, 0.15) is 36.1 Å². The lowest BCUT2D eigenvalue weighted by Crippen LogP contribution is -2.13. The molecule has 1 N–H and O–H groups in total. The number of nitriles is 1. The Morgan fingerprint density at radius 3 is 2.28 bits per heavy atom. The van der Waals surface area contributed by atoms with Crippen molar-refractivity contribution in [3.63, 3.8) is 0 Å². The average molecular weight is 597 g/mol. The summed E-state index contributed by atoms with van der Waals surface area (Å²) in [6.07, 6.45) is 1.46. The molecule has 0 saturated heterocycles. The second-order valence-electron chi connectivity index (χ2n) is 9.53. The lowest BCUT2D eigenvalue weighted by atomic mass is 10.1. The Morgan fingerprint density at radius 2 is 1.56 bits per heavy atom. The number of amides is 1. The first-order chi connectivity index (χ1) is 20.9. The molecule has 0 aliphatic rings. The van der Waals surface area contributed by atoms with Gasteiger partial charge in [-0.3, -0.25) is 4.79 Å². The Labute approximate surface area is 257 Å². The average Bonchev–Trinajstić information content (AvgIpc) is 3.00. The summed E-state index contributed by atoms with van der Waals surface area (Å²) >= 11 is 6.63. The molecule has 0 heterocycles. The number of hydrogen-bond donors (Lipinski definition) is 1. The summed E-state index contributed by atoms with van der Waals surface area (Å²) in [4.78, 5) is 12.8. The van der Waals surface area contributed by atoms with Gasteiger partial charge in [0.25, 0.3) is 5.91 Å². The van der Waals surface area contributed by atoms with Gasteiger partial charge < -0.3 is 24.3 Å². The van der Waals surface area contributed by atoms with Crippen molar-refractivity contribution in [3.05, 3.63) is 118 Å². The summed E-state index contributed by atoms with van der Waals surface area (Å²) in [7, 11) is 0. The van der Waals surface area contributed by atoms with E-state index in [2.05, 4.69) is 5.32 Å². The summed E-state index contributed by atoms with van der Waals surface area (Å²) in [5, 5.41) is 12.7. The highest BCUT2D eigenvalue weighted by molar-refractivity contribution is 6.32. The number of rotatable bonds is 13. The summed E-state index contributed by atoms with van der Waals surface area (Å²) < 4.78 is 23.8. The van der Waals surface area contributed by atoms with E-state index in [0.29, 0.717) is 54.1 Å². The summed E-state index contributed by atoms with van der Waals surface area (Å²) in [6, 6.07) is 28.2. The summed E-state index contributed by atoms with van der Waals surface area (Å²) in [5.74, 6) is 1.47. The first-order valence-electron chi connectivity index (χ1n) is 13.9. The molecule has 0 saturated carbocycles. The number of hydrogen-bond acceptors (Lipinski definition) is 6. The smallest absolute Gasteiger partial charge is 0.266 e. The number of ether oxygens (including phenoxy) is 4. The molecule has 0 atom stereocenters. The Hall–Kier alpha value is -4.93. The number of anilines is 1. The predicted octanol–water partition coefficient (Wildman–Crippen LogP) is 8.15. The van der Waals surface area contributed by atoms with Crippen molar-refractivity contribution >= 4 is 29.3 Å². The minimum Gasteiger partial charge on any atom is -0.490 e. The number of halogens is 1. The third-order valence-electron chi connectivity index (χ3n) is 6.21. The van der Waals surface area contributed by atoms with Crippen molar-refractivity contribution in [2.45, 2.75) is 34.0 Å². The van der Waals surface area contributed by atoms with E-state index in [1.165, 1.54) is 6.08 Å². The molecule has 0 unspecified atom stereocenters. The van der Waals surface area contributed by atoms with Crippen LogP contribution in [-0.4, -0.2) is 19.1 Å². The van der Waals surface area contributed by atoms with Gasteiger partial charge in [0.2, 0.25) is 0 Å². The van der Waals surface area contributed by atoms with E-state index in [1.54, 1.807) is 18.2 Å². The van der Waals surface area contributed by atoms with Gasteiger partial charge in [-0.15, -0.1) is 0 Å². The molecule has 0 spiro atoms. The standard InChI is InChI=1S/C35H33ClN2O5/c1-4-40-32-19-26(14-15-31(32)42-22-25-11-7-6-8-12-25)23-43-34-30(36)18-27(20-33(34)41-5-2)17-28(21-37)35(39)38-29-13-9-10-24(3)16-29/h6-20H,4-5,22-23H2,1-3H3,(H,38,39)/b28-17+. The molecule has 0 aliphatic heterocycles. The van der Waals surface area contributed by atoms with Crippen LogP contribution in [0, 0.1) is 18.3 Å². The highest BCUT2D eigenvalue weighted by Crippen LogP contribution is 2.38. The number of carbonyl (C=O) groups excluding carboxylic acids is 1. The molecule has 0 fully saturated rings. The molecule has 7 nitrogen and oxygen atoms in total. The number of nitrogens with zero attached hydrogens (tertiary/aromatic N) is 1. The van der Waals surface area contributed by atoms with E-state index < -0.39 is 5.91 Å². The molecule has 0 bridgehead atoms. The van der Waals surface area contributed by atoms with E-state index in [0.717, 1.165) is 16.7 Å². The lowest BCUT2D eigenvalue weighted by Gasteiger charge is -2.16. The van der Waals surface area contributed by atoms with Crippen LogP contribution >= 0.6 is 11.6 Å². The molecule has 4 aromatic rings. The fraction of sp³-hybridized carbons (Fsp3) is 0.200. The molecular weight excluding hydrogens is 564 g/mol. The highest BCUT2D eigenvalue weighted by Gasteiger charge is 2.16. The minimum absolute atomic E-state index is 0.0771. The first-order valence-corrected chi connectivity index (χ1v) is 14.3. The van der Waals surface area contributed by atoms with Crippen LogP contribution < -0.4 is 24.3 Å². The largest absolute Gasteiger partial charge is 0.490 e. The zero-order valence-corrected chi connectivity index (χ0v) is 25.1. The van der Waals surface area contributed by atoms with E-state index in [1.807, 2.05) is 93.6 Å². The van der Waals surface area contributed by atoms with Crippen LogP contribution in [0.15, 0.2) is 90.5 Å². The SMILES string of the molecule is CCOc1cc(COc2c(Cl)cc(/C=C(\C#N)C(=O)Nc3cccc(C)c3)cc2OCC)ccc1OCc1ccccc1. The van der Waals surface area contributed by atoms with Gasteiger partial charge in [-0.2, -0.15) is 5.26 Å². The molecule has 0 aliphatic carbocycles. The lowest BCUT2D eigenvalue weighted by molar-refractivity contribution is -0.112. The second-order valence-corrected chi connectivity index (χ2v) is 9.94. The second kappa shape index (κ2) is 15.3. The quantitative estimate of drug-likeness (QED) is 0.124. The van der Waals surface area contributed by atoms with E-state index in [4.69, 9.17) is 30.5 Å². The summed E-state index contributed by atoms with van der Waals surface area (Å²) in [6.45, 7) is 7.14. The van der Waals surface area contributed by atoms with E-state index in [9.17, 15) is 10.1 Å².